The number of aliphatic hydroxyl groups is 2. The van der Waals surface area contributed by atoms with Crippen LogP contribution < -0.4 is 5.32 Å². The molecule has 0 aliphatic heterocycles. The minimum atomic E-state index is -0.703. The molecule has 1 rings (SSSR count). The van der Waals surface area contributed by atoms with Crippen molar-refractivity contribution in [2.75, 3.05) is 18.5 Å². The lowest BCUT2D eigenvalue weighted by Crippen LogP contribution is -2.22. The van der Waals surface area contributed by atoms with Crippen molar-refractivity contribution in [1.29, 1.82) is 0 Å². The third-order valence-electron chi connectivity index (χ3n) is 1.62. The van der Waals surface area contributed by atoms with Crippen LogP contribution in [0.1, 0.15) is 0 Å². The third kappa shape index (κ3) is 4.28. The van der Waals surface area contributed by atoms with Crippen LogP contribution in [0.3, 0.4) is 0 Å². The molecule has 0 radical (unpaired) electrons. The van der Waals surface area contributed by atoms with Gasteiger partial charge in [-0.05, 0) is 63.4 Å². The molecule has 0 fully saturated rings. The SMILES string of the molecule is OCC(O)CNc1cc(I)cc(I)c1. The fourth-order valence-electron chi connectivity index (χ4n) is 0.956. The highest BCUT2D eigenvalue weighted by atomic mass is 127. The molecule has 0 spiro atoms. The summed E-state index contributed by atoms with van der Waals surface area (Å²) in [7, 11) is 0. The second-order valence-electron chi connectivity index (χ2n) is 2.88. The summed E-state index contributed by atoms with van der Waals surface area (Å²) in [4.78, 5) is 0. The Morgan fingerprint density at radius 3 is 2.29 bits per heavy atom. The fraction of sp³-hybridized carbons (Fsp3) is 0.333. The minimum Gasteiger partial charge on any atom is -0.394 e. The first kappa shape index (κ1) is 12.5. The molecule has 5 heteroatoms. The first-order valence-electron chi connectivity index (χ1n) is 4.10. The van der Waals surface area contributed by atoms with Crippen molar-refractivity contribution in [3.63, 3.8) is 0 Å². The van der Waals surface area contributed by atoms with Gasteiger partial charge in [0.2, 0.25) is 0 Å². The van der Waals surface area contributed by atoms with Crippen molar-refractivity contribution in [2.24, 2.45) is 0 Å². The van der Waals surface area contributed by atoms with Crippen LogP contribution in [0.5, 0.6) is 0 Å². The van der Waals surface area contributed by atoms with E-state index in [0.29, 0.717) is 6.54 Å². The first-order valence-corrected chi connectivity index (χ1v) is 6.26. The Labute approximate surface area is 110 Å². The number of rotatable bonds is 4. The Morgan fingerprint density at radius 1 is 1.21 bits per heavy atom. The van der Waals surface area contributed by atoms with Gasteiger partial charge in [-0.25, -0.2) is 0 Å². The van der Waals surface area contributed by atoms with Gasteiger partial charge >= 0.3 is 0 Å². The van der Waals surface area contributed by atoms with Crippen LogP contribution in [-0.4, -0.2) is 29.5 Å². The predicted octanol–water partition coefficient (Wildman–Crippen LogP) is 1.66. The van der Waals surface area contributed by atoms with Crippen molar-refractivity contribution in [3.8, 4) is 0 Å². The second-order valence-corrected chi connectivity index (χ2v) is 5.37. The zero-order valence-corrected chi connectivity index (χ0v) is 11.7. The zero-order valence-electron chi connectivity index (χ0n) is 7.37. The molecular formula is C9H11I2NO2. The van der Waals surface area contributed by atoms with Crippen molar-refractivity contribution in [3.05, 3.63) is 25.3 Å². The minimum absolute atomic E-state index is 0.214. The third-order valence-corrected chi connectivity index (χ3v) is 2.86. The Bertz CT molecular complexity index is 287. The van der Waals surface area contributed by atoms with Gasteiger partial charge in [0, 0.05) is 19.4 Å². The average Bonchev–Trinajstić information content (AvgIpc) is 2.12. The van der Waals surface area contributed by atoms with Gasteiger partial charge < -0.3 is 15.5 Å². The number of anilines is 1. The molecule has 0 saturated heterocycles. The van der Waals surface area contributed by atoms with Crippen molar-refractivity contribution in [1.82, 2.24) is 0 Å². The monoisotopic (exact) mass is 419 g/mol. The van der Waals surface area contributed by atoms with E-state index >= 15 is 0 Å². The van der Waals surface area contributed by atoms with Crippen LogP contribution in [0, 0.1) is 7.14 Å². The molecule has 0 aliphatic rings. The molecular weight excluding hydrogens is 408 g/mol. The molecule has 0 aromatic heterocycles. The number of aliphatic hydroxyl groups excluding tert-OH is 2. The molecule has 1 atom stereocenters. The van der Waals surface area contributed by atoms with Gasteiger partial charge in [-0.3, -0.25) is 0 Å². The zero-order chi connectivity index (χ0) is 10.6. The predicted molar refractivity (Wildman–Crippen MR) is 73.5 cm³/mol. The maximum atomic E-state index is 9.14. The largest absolute Gasteiger partial charge is 0.394 e. The molecule has 1 aromatic rings. The lowest BCUT2D eigenvalue weighted by atomic mass is 10.3. The quantitative estimate of drug-likeness (QED) is 0.652. The van der Waals surface area contributed by atoms with E-state index in [9.17, 15) is 0 Å². The van der Waals surface area contributed by atoms with E-state index in [0.717, 1.165) is 12.8 Å². The Morgan fingerprint density at radius 2 is 1.79 bits per heavy atom. The van der Waals surface area contributed by atoms with Crippen molar-refractivity contribution >= 4 is 50.9 Å². The molecule has 1 aromatic carbocycles. The van der Waals surface area contributed by atoms with E-state index in [1.165, 1.54) is 0 Å². The van der Waals surface area contributed by atoms with E-state index in [-0.39, 0.29) is 6.61 Å². The molecule has 78 valence electrons. The van der Waals surface area contributed by atoms with Crippen LogP contribution in [0.15, 0.2) is 18.2 Å². The van der Waals surface area contributed by atoms with Gasteiger partial charge in [-0.2, -0.15) is 0 Å². The van der Waals surface area contributed by atoms with Gasteiger partial charge in [0.05, 0.1) is 12.7 Å². The molecule has 0 saturated carbocycles. The Hall–Kier alpha value is 0.400. The fourth-order valence-corrected chi connectivity index (χ4v) is 2.89. The van der Waals surface area contributed by atoms with Gasteiger partial charge in [-0.15, -0.1) is 0 Å². The van der Waals surface area contributed by atoms with Crippen LogP contribution in [-0.2, 0) is 0 Å². The molecule has 0 aliphatic carbocycles. The van der Waals surface area contributed by atoms with Crippen molar-refractivity contribution < 1.29 is 10.2 Å². The summed E-state index contributed by atoms with van der Waals surface area (Å²) in [5, 5.41) is 20.8. The van der Waals surface area contributed by atoms with Gasteiger partial charge in [-0.1, -0.05) is 0 Å². The smallest absolute Gasteiger partial charge is 0.0942 e. The Kier molecular flexibility index (Phi) is 5.42. The number of hydrogen-bond donors (Lipinski definition) is 3. The molecule has 0 heterocycles. The van der Waals surface area contributed by atoms with Crippen LogP contribution in [0.2, 0.25) is 0 Å². The number of hydrogen-bond acceptors (Lipinski definition) is 3. The lowest BCUT2D eigenvalue weighted by Gasteiger charge is -2.10. The number of benzene rings is 1. The summed E-state index contributed by atoms with van der Waals surface area (Å²) in [5.41, 5.74) is 0.966. The van der Waals surface area contributed by atoms with E-state index in [1.807, 2.05) is 12.1 Å². The summed E-state index contributed by atoms with van der Waals surface area (Å²) < 4.78 is 2.30. The molecule has 3 nitrogen and oxygen atoms in total. The average molecular weight is 419 g/mol. The number of nitrogens with one attached hydrogen (secondary N) is 1. The first-order chi connectivity index (χ1) is 6.61. The highest BCUT2D eigenvalue weighted by Crippen LogP contribution is 2.17. The van der Waals surface area contributed by atoms with E-state index in [4.69, 9.17) is 10.2 Å². The highest BCUT2D eigenvalue weighted by Gasteiger charge is 2.02. The lowest BCUT2D eigenvalue weighted by molar-refractivity contribution is 0.105. The highest BCUT2D eigenvalue weighted by molar-refractivity contribution is 14.1. The van der Waals surface area contributed by atoms with Crippen LogP contribution in [0.25, 0.3) is 0 Å². The summed E-state index contributed by atoms with van der Waals surface area (Å²) in [6.45, 7) is 0.153. The maximum Gasteiger partial charge on any atom is 0.0942 e. The Balaban J connectivity index is 2.58. The number of halogens is 2. The second kappa shape index (κ2) is 6.09. The summed E-state index contributed by atoms with van der Waals surface area (Å²) >= 11 is 4.48. The van der Waals surface area contributed by atoms with Gasteiger partial charge in [0.25, 0.3) is 0 Å². The van der Waals surface area contributed by atoms with Gasteiger partial charge in [0.1, 0.15) is 0 Å². The maximum absolute atomic E-state index is 9.14. The van der Waals surface area contributed by atoms with E-state index in [1.54, 1.807) is 0 Å². The van der Waals surface area contributed by atoms with Crippen LogP contribution >= 0.6 is 45.2 Å². The van der Waals surface area contributed by atoms with Gasteiger partial charge in [0.15, 0.2) is 0 Å². The molecule has 14 heavy (non-hydrogen) atoms. The molecule has 0 bridgehead atoms. The summed E-state index contributed by atoms with van der Waals surface area (Å²) in [5.74, 6) is 0. The normalized spacial score (nSPS) is 12.6. The summed E-state index contributed by atoms with van der Waals surface area (Å²) in [6, 6.07) is 6.05. The van der Waals surface area contributed by atoms with Crippen LogP contribution in [0.4, 0.5) is 5.69 Å². The van der Waals surface area contributed by atoms with E-state index < -0.39 is 6.10 Å². The van der Waals surface area contributed by atoms with Crippen molar-refractivity contribution in [2.45, 2.75) is 6.10 Å². The van der Waals surface area contributed by atoms with E-state index in [2.05, 4.69) is 56.6 Å². The molecule has 3 N–H and O–H groups in total. The molecule has 0 amide bonds. The molecule has 1 unspecified atom stereocenters. The standard InChI is InChI=1S/C9H11I2NO2/c10-6-1-7(11)3-8(2-6)12-4-9(14)5-13/h1-3,9,12-14H,4-5H2. The topological polar surface area (TPSA) is 52.5 Å². The summed E-state index contributed by atoms with van der Waals surface area (Å²) in [6.07, 6.45) is -0.703.